The Kier molecular flexibility index (Phi) is 3.72. The first kappa shape index (κ1) is 15.4. The summed E-state index contributed by atoms with van der Waals surface area (Å²) in [5.74, 6) is 1.34. The van der Waals surface area contributed by atoms with Gasteiger partial charge in [-0.1, -0.05) is 0 Å². The van der Waals surface area contributed by atoms with Crippen molar-refractivity contribution in [3.05, 3.63) is 47.2 Å². The molecule has 3 heterocycles. The normalized spacial score (nSPS) is 13.6. The van der Waals surface area contributed by atoms with E-state index in [1.54, 1.807) is 32.5 Å². The van der Waals surface area contributed by atoms with Crippen molar-refractivity contribution in [1.82, 2.24) is 24.9 Å². The monoisotopic (exact) mass is 339 g/mol. The van der Waals surface area contributed by atoms with E-state index in [0.717, 1.165) is 12.0 Å². The van der Waals surface area contributed by atoms with Gasteiger partial charge in [-0.3, -0.25) is 4.79 Å². The molecule has 1 aliphatic rings. The molecule has 0 aliphatic carbocycles. The topological polar surface area (TPSA) is 81.9 Å². The minimum atomic E-state index is -0.0437. The van der Waals surface area contributed by atoms with Crippen molar-refractivity contribution >= 4 is 11.6 Å². The lowest BCUT2D eigenvalue weighted by Crippen LogP contribution is -2.36. The molecule has 3 aromatic rings. The van der Waals surface area contributed by atoms with Crippen molar-refractivity contribution in [3.63, 3.8) is 0 Å². The van der Waals surface area contributed by atoms with Crippen LogP contribution < -0.4 is 9.47 Å². The van der Waals surface area contributed by atoms with Gasteiger partial charge < -0.3 is 14.4 Å². The molecular weight excluding hydrogens is 322 g/mol. The molecule has 0 atom stereocenters. The minimum Gasteiger partial charge on any atom is -0.493 e. The zero-order valence-corrected chi connectivity index (χ0v) is 14.0. The number of ether oxygens (including phenoxy) is 2. The van der Waals surface area contributed by atoms with E-state index in [-0.39, 0.29) is 5.91 Å². The van der Waals surface area contributed by atoms with Crippen LogP contribution in [0.3, 0.4) is 0 Å². The van der Waals surface area contributed by atoms with E-state index in [1.807, 2.05) is 17.0 Å². The maximum absolute atomic E-state index is 12.8. The number of methoxy groups -OCH3 is 2. The third-order valence-corrected chi connectivity index (χ3v) is 4.44. The molecule has 0 spiro atoms. The fraction of sp³-hybridized carbons (Fsp3) is 0.294. The molecule has 128 valence electrons. The van der Waals surface area contributed by atoms with Crippen LogP contribution in [0.2, 0.25) is 0 Å². The molecule has 8 heteroatoms. The summed E-state index contributed by atoms with van der Waals surface area (Å²) in [5.41, 5.74) is 3.42. The van der Waals surface area contributed by atoms with E-state index in [2.05, 4.69) is 15.5 Å². The van der Waals surface area contributed by atoms with Crippen molar-refractivity contribution in [3.8, 4) is 11.5 Å². The summed E-state index contributed by atoms with van der Waals surface area (Å²) in [6, 6.07) is 7.42. The summed E-state index contributed by atoms with van der Waals surface area (Å²) in [6.07, 6.45) is 2.43. The Bertz CT molecular complexity index is 953. The van der Waals surface area contributed by atoms with Crippen LogP contribution in [0.15, 0.2) is 30.5 Å². The van der Waals surface area contributed by atoms with Crippen molar-refractivity contribution in [2.45, 2.75) is 13.0 Å². The Morgan fingerprint density at radius 3 is 2.64 bits per heavy atom. The summed E-state index contributed by atoms with van der Waals surface area (Å²) < 4.78 is 12.2. The van der Waals surface area contributed by atoms with Crippen LogP contribution in [0.25, 0.3) is 5.65 Å². The molecule has 0 fully saturated rings. The highest BCUT2D eigenvalue weighted by Crippen LogP contribution is 2.33. The van der Waals surface area contributed by atoms with Crippen molar-refractivity contribution in [1.29, 1.82) is 0 Å². The first-order valence-corrected chi connectivity index (χ1v) is 7.90. The standard InChI is InChI=1S/C17H17N5O3/c1-24-14-7-11-5-6-21(9-13(11)8-15(14)25-2)17(23)12-3-4-16-18-19-20-22(16)10-12/h3-4,7-8,10H,5-6,9H2,1-2H3. The zero-order valence-electron chi connectivity index (χ0n) is 14.0. The average Bonchev–Trinajstić information content (AvgIpc) is 3.13. The van der Waals surface area contributed by atoms with Crippen LogP contribution in [-0.4, -0.2) is 51.6 Å². The number of carbonyl (C=O) groups excluding carboxylic acids is 1. The van der Waals surface area contributed by atoms with Gasteiger partial charge in [0, 0.05) is 19.3 Å². The second kappa shape index (κ2) is 6.04. The first-order chi connectivity index (χ1) is 12.2. The number of benzene rings is 1. The van der Waals surface area contributed by atoms with E-state index in [0.29, 0.717) is 35.8 Å². The van der Waals surface area contributed by atoms with Crippen molar-refractivity contribution in [2.75, 3.05) is 20.8 Å². The second-order valence-corrected chi connectivity index (χ2v) is 5.85. The average molecular weight is 339 g/mol. The Morgan fingerprint density at radius 2 is 1.88 bits per heavy atom. The van der Waals surface area contributed by atoms with Gasteiger partial charge in [0.05, 0.1) is 19.8 Å². The highest BCUT2D eigenvalue weighted by Gasteiger charge is 2.24. The molecule has 1 amide bonds. The Hall–Kier alpha value is -3.16. The molecule has 0 unspecified atom stereocenters. The molecule has 0 saturated carbocycles. The number of rotatable bonds is 3. The third-order valence-electron chi connectivity index (χ3n) is 4.44. The number of pyridine rings is 1. The summed E-state index contributed by atoms with van der Waals surface area (Å²) in [6.45, 7) is 1.18. The summed E-state index contributed by atoms with van der Waals surface area (Å²) in [7, 11) is 3.23. The quantitative estimate of drug-likeness (QED) is 0.716. The molecule has 4 rings (SSSR count). The Morgan fingerprint density at radius 1 is 1.12 bits per heavy atom. The number of fused-ring (bicyclic) bond motifs is 2. The van der Waals surface area contributed by atoms with E-state index < -0.39 is 0 Å². The molecule has 2 aromatic heterocycles. The van der Waals surface area contributed by atoms with E-state index >= 15 is 0 Å². The zero-order chi connectivity index (χ0) is 17.4. The number of aromatic nitrogens is 4. The summed E-state index contributed by atoms with van der Waals surface area (Å²) in [5, 5.41) is 11.3. The van der Waals surface area contributed by atoms with Gasteiger partial charge in [-0.05, 0) is 52.2 Å². The molecule has 25 heavy (non-hydrogen) atoms. The van der Waals surface area contributed by atoms with Crippen LogP contribution >= 0.6 is 0 Å². The van der Waals surface area contributed by atoms with Gasteiger partial charge in [-0.2, -0.15) is 4.52 Å². The predicted molar refractivity (Wildman–Crippen MR) is 88.8 cm³/mol. The largest absolute Gasteiger partial charge is 0.493 e. The highest BCUT2D eigenvalue weighted by atomic mass is 16.5. The Balaban J connectivity index is 1.61. The molecule has 1 aliphatic heterocycles. The smallest absolute Gasteiger partial charge is 0.255 e. The molecule has 0 saturated heterocycles. The molecule has 1 aromatic carbocycles. The third kappa shape index (κ3) is 2.65. The molecule has 8 nitrogen and oxygen atoms in total. The molecule has 0 bridgehead atoms. The maximum Gasteiger partial charge on any atom is 0.255 e. The van der Waals surface area contributed by atoms with Gasteiger partial charge in [0.2, 0.25) is 0 Å². The lowest BCUT2D eigenvalue weighted by atomic mass is 9.98. The van der Waals surface area contributed by atoms with Crippen LogP contribution in [-0.2, 0) is 13.0 Å². The van der Waals surface area contributed by atoms with Gasteiger partial charge in [-0.25, -0.2) is 0 Å². The number of carbonyl (C=O) groups is 1. The lowest BCUT2D eigenvalue weighted by molar-refractivity contribution is 0.0733. The second-order valence-electron chi connectivity index (χ2n) is 5.85. The summed E-state index contributed by atoms with van der Waals surface area (Å²) in [4.78, 5) is 14.7. The van der Waals surface area contributed by atoms with E-state index in [1.165, 1.54) is 10.1 Å². The van der Waals surface area contributed by atoms with Crippen LogP contribution in [0.4, 0.5) is 0 Å². The highest BCUT2D eigenvalue weighted by molar-refractivity contribution is 5.94. The fourth-order valence-electron chi connectivity index (χ4n) is 3.11. The number of amides is 1. The van der Waals surface area contributed by atoms with Gasteiger partial charge in [0.1, 0.15) is 0 Å². The minimum absolute atomic E-state index is 0.0437. The fourth-order valence-corrected chi connectivity index (χ4v) is 3.11. The van der Waals surface area contributed by atoms with Gasteiger partial charge in [0.25, 0.3) is 5.91 Å². The SMILES string of the molecule is COc1cc2c(cc1OC)CN(C(=O)c1ccc3nnnn3c1)CC2. The van der Waals surface area contributed by atoms with Crippen molar-refractivity contribution in [2.24, 2.45) is 0 Å². The molecule has 0 radical (unpaired) electrons. The van der Waals surface area contributed by atoms with Gasteiger partial charge >= 0.3 is 0 Å². The number of nitrogens with zero attached hydrogens (tertiary/aromatic N) is 5. The predicted octanol–water partition coefficient (Wildman–Crippen LogP) is 1.34. The molecular formula is C17H17N5O3. The first-order valence-electron chi connectivity index (χ1n) is 7.90. The van der Waals surface area contributed by atoms with Crippen LogP contribution in [0, 0.1) is 0 Å². The van der Waals surface area contributed by atoms with E-state index in [4.69, 9.17) is 9.47 Å². The van der Waals surface area contributed by atoms with E-state index in [9.17, 15) is 4.79 Å². The number of hydrogen-bond acceptors (Lipinski definition) is 6. The maximum atomic E-state index is 12.8. The lowest BCUT2D eigenvalue weighted by Gasteiger charge is -2.29. The Labute approximate surface area is 144 Å². The van der Waals surface area contributed by atoms with Gasteiger partial charge in [0.15, 0.2) is 17.1 Å². The van der Waals surface area contributed by atoms with Crippen LogP contribution in [0.1, 0.15) is 21.5 Å². The van der Waals surface area contributed by atoms with Gasteiger partial charge in [-0.15, -0.1) is 5.10 Å². The van der Waals surface area contributed by atoms with Crippen molar-refractivity contribution < 1.29 is 14.3 Å². The number of tetrazole rings is 1. The summed E-state index contributed by atoms with van der Waals surface area (Å²) >= 11 is 0. The number of hydrogen-bond donors (Lipinski definition) is 0. The van der Waals surface area contributed by atoms with Crippen LogP contribution in [0.5, 0.6) is 11.5 Å². The molecule has 0 N–H and O–H groups in total.